The first-order valence-corrected chi connectivity index (χ1v) is 10.2. The molecule has 2 nitrogen and oxygen atoms in total. The summed E-state index contributed by atoms with van der Waals surface area (Å²) in [6.45, 7) is 2.80. The van der Waals surface area contributed by atoms with Gasteiger partial charge >= 0.3 is 0 Å². The Balaban J connectivity index is 1.36. The van der Waals surface area contributed by atoms with Crippen molar-refractivity contribution < 1.29 is 9.53 Å². The van der Waals surface area contributed by atoms with Crippen molar-refractivity contribution in [1.82, 2.24) is 0 Å². The van der Waals surface area contributed by atoms with Crippen molar-refractivity contribution in [3.63, 3.8) is 0 Å². The van der Waals surface area contributed by atoms with Crippen LogP contribution >= 0.6 is 0 Å². The summed E-state index contributed by atoms with van der Waals surface area (Å²) in [6, 6.07) is 17.0. The smallest absolute Gasteiger partial charge is 0.161 e. The lowest BCUT2D eigenvalue weighted by atomic mass is 9.55. The van der Waals surface area contributed by atoms with Crippen molar-refractivity contribution in [2.75, 3.05) is 0 Å². The van der Waals surface area contributed by atoms with Gasteiger partial charge in [0.1, 0.15) is 12.4 Å². The first-order valence-electron chi connectivity index (χ1n) is 10.2. The number of allylic oxidation sites excluding steroid dienone is 2. The molecule has 138 valence electrons. The number of ether oxygens (including phenoxy) is 1. The monoisotopic (exact) mass is 358 g/mol. The molecule has 0 aromatic heterocycles. The number of benzene rings is 2. The minimum Gasteiger partial charge on any atom is -0.489 e. The number of hydrogen-bond donors (Lipinski definition) is 0. The third-order valence-electron chi connectivity index (χ3n) is 7.22. The summed E-state index contributed by atoms with van der Waals surface area (Å²) in [5.41, 5.74) is 3.99. The average Bonchev–Trinajstić information content (AvgIpc) is 3.01. The Morgan fingerprint density at radius 1 is 1.11 bits per heavy atom. The Bertz CT molecular complexity index is 898. The van der Waals surface area contributed by atoms with Gasteiger partial charge in [0.2, 0.25) is 0 Å². The summed E-state index contributed by atoms with van der Waals surface area (Å²) in [4.78, 5) is 12.4. The highest BCUT2D eigenvalue weighted by molar-refractivity contribution is 5.97. The van der Waals surface area contributed by atoms with E-state index in [1.165, 1.54) is 23.1 Å². The standard InChI is InChI=1S/C25H26O2/c1-25-14-13-21-20-10-8-19(27-16-17-5-3-2-4-6-17)15-18(20)7-9-22(21)23(25)11-12-24(25)26/h2-6,8,10-12,15,21-23H,7,9,13-14,16H2,1H3. The summed E-state index contributed by atoms with van der Waals surface area (Å²) < 4.78 is 6.04. The zero-order valence-corrected chi connectivity index (χ0v) is 15.9. The Kier molecular flexibility index (Phi) is 3.96. The Morgan fingerprint density at radius 2 is 1.96 bits per heavy atom. The van der Waals surface area contributed by atoms with E-state index in [1.807, 2.05) is 24.3 Å². The first-order chi connectivity index (χ1) is 13.1. The maximum Gasteiger partial charge on any atom is 0.161 e. The zero-order chi connectivity index (χ0) is 18.4. The van der Waals surface area contributed by atoms with E-state index in [9.17, 15) is 4.79 Å². The van der Waals surface area contributed by atoms with Crippen LogP contribution in [0, 0.1) is 17.3 Å². The van der Waals surface area contributed by atoms with Crippen LogP contribution in [0.5, 0.6) is 5.75 Å². The zero-order valence-electron chi connectivity index (χ0n) is 15.9. The van der Waals surface area contributed by atoms with Gasteiger partial charge in [-0.15, -0.1) is 0 Å². The van der Waals surface area contributed by atoms with Gasteiger partial charge in [-0.1, -0.05) is 49.4 Å². The molecule has 0 N–H and O–H groups in total. The van der Waals surface area contributed by atoms with E-state index in [2.05, 4.69) is 43.3 Å². The number of carbonyl (C=O) groups is 1. The summed E-state index contributed by atoms with van der Waals surface area (Å²) in [5, 5.41) is 0. The summed E-state index contributed by atoms with van der Waals surface area (Å²) in [7, 11) is 0. The van der Waals surface area contributed by atoms with Gasteiger partial charge in [0.05, 0.1) is 0 Å². The number of fused-ring (bicyclic) bond motifs is 5. The van der Waals surface area contributed by atoms with Gasteiger partial charge < -0.3 is 4.74 Å². The highest BCUT2D eigenvalue weighted by atomic mass is 16.5. The molecule has 0 amide bonds. The van der Waals surface area contributed by atoms with Crippen molar-refractivity contribution in [2.45, 2.75) is 45.1 Å². The second kappa shape index (κ2) is 6.37. The van der Waals surface area contributed by atoms with E-state index in [1.54, 1.807) is 0 Å². The van der Waals surface area contributed by atoms with Gasteiger partial charge in [0.15, 0.2) is 5.78 Å². The molecule has 0 spiro atoms. The number of hydrogen-bond acceptors (Lipinski definition) is 2. The number of rotatable bonds is 3. The van der Waals surface area contributed by atoms with Crippen LogP contribution < -0.4 is 4.74 Å². The van der Waals surface area contributed by atoms with E-state index in [-0.39, 0.29) is 5.41 Å². The van der Waals surface area contributed by atoms with Gasteiger partial charge in [0.25, 0.3) is 0 Å². The van der Waals surface area contributed by atoms with Gasteiger partial charge in [-0.3, -0.25) is 4.79 Å². The molecule has 1 fully saturated rings. The molecule has 0 aliphatic heterocycles. The minimum absolute atomic E-state index is 0.141. The number of carbonyl (C=O) groups excluding carboxylic acids is 1. The first kappa shape index (κ1) is 16.8. The molecule has 3 aliphatic rings. The molecule has 5 rings (SSSR count). The van der Waals surface area contributed by atoms with E-state index in [4.69, 9.17) is 4.74 Å². The molecule has 0 heterocycles. The second-order valence-electron chi connectivity index (χ2n) is 8.65. The third kappa shape index (κ3) is 2.74. The maximum atomic E-state index is 12.4. The molecular formula is C25H26O2. The Morgan fingerprint density at radius 3 is 2.81 bits per heavy atom. The van der Waals surface area contributed by atoms with Gasteiger partial charge in [-0.25, -0.2) is 0 Å². The lowest BCUT2D eigenvalue weighted by molar-refractivity contribution is -0.126. The van der Waals surface area contributed by atoms with E-state index in [0.717, 1.165) is 25.0 Å². The summed E-state index contributed by atoms with van der Waals surface area (Å²) in [5.74, 6) is 2.93. The molecule has 2 aromatic rings. The molecule has 0 saturated heterocycles. The predicted octanol–water partition coefficient (Wildman–Crippen LogP) is 5.47. The molecule has 4 atom stereocenters. The fraction of sp³-hybridized carbons (Fsp3) is 0.400. The minimum atomic E-state index is -0.141. The van der Waals surface area contributed by atoms with Crippen molar-refractivity contribution >= 4 is 5.78 Å². The molecule has 4 unspecified atom stereocenters. The molecule has 0 bridgehead atoms. The van der Waals surface area contributed by atoms with Crippen LogP contribution in [-0.4, -0.2) is 5.78 Å². The quantitative estimate of drug-likeness (QED) is 0.727. The Hall–Kier alpha value is -2.35. The van der Waals surface area contributed by atoms with Crippen molar-refractivity contribution in [3.8, 4) is 5.75 Å². The van der Waals surface area contributed by atoms with Gasteiger partial charge in [-0.2, -0.15) is 0 Å². The SMILES string of the molecule is CC12CCC3c4ccc(OCc5ccccc5)cc4CCC3C1C=CC2=O. The summed E-state index contributed by atoms with van der Waals surface area (Å²) >= 11 is 0. The lowest BCUT2D eigenvalue weighted by Gasteiger charge is -2.48. The molecular weight excluding hydrogens is 332 g/mol. The maximum absolute atomic E-state index is 12.4. The van der Waals surface area contributed by atoms with Gasteiger partial charge in [0, 0.05) is 5.41 Å². The topological polar surface area (TPSA) is 26.3 Å². The van der Waals surface area contributed by atoms with Crippen LogP contribution in [0.3, 0.4) is 0 Å². The third-order valence-corrected chi connectivity index (χ3v) is 7.22. The van der Waals surface area contributed by atoms with E-state index >= 15 is 0 Å². The van der Waals surface area contributed by atoms with E-state index in [0.29, 0.717) is 30.1 Å². The highest BCUT2D eigenvalue weighted by Crippen LogP contribution is 2.57. The van der Waals surface area contributed by atoms with Crippen molar-refractivity contribution in [1.29, 1.82) is 0 Å². The largest absolute Gasteiger partial charge is 0.489 e. The van der Waals surface area contributed by atoms with Crippen LogP contribution in [-0.2, 0) is 17.8 Å². The van der Waals surface area contributed by atoms with E-state index < -0.39 is 0 Å². The normalized spacial score (nSPS) is 31.1. The predicted molar refractivity (Wildman–Crippen MR) is 107 cm³/mol. The van der Waals surface area contributed by atoms with Crippen LogP contribution in [0.25, 0.3) is 0 Å². The molecule has 3 aliphatic carbocycles. The molecule has 1 saturated carbocycles. The van der Waals surface area contributed by atoms with Crippen molar-refractivity contribution in [3.05, 3.63) is 77.4 Å². The highest BCUT2D eigenvalue weighted by Gasteiger charge is 2.52. The number of ketones is 1. The van der Waals surface area contributed by atoms with Crippen LogP contribution in [0.4, 0.5) is 0 Å². The average molecular weight is 358 g/mol. The lowest BCUT2D eigenvalue weighted by Crippen LogP contribution is -2.42. The molecule has 27 heavy (non-hydrogen) atoms. The number of aryl methyl sites for hydroxylation is 1. The van der Waals surface area contributed by atoms with Crippen LogP contribution in [0.1, 0.15) is 48.8 Å². The van der Waals surface area contributed by atoms with Crippen LogP contribution in [0.15, 0.2) is 60.7 Å². The molecule has 0 radical (unpaired) electrons. The summed E-state index contributed by atoms with van der Waals surface area (Å²) in [6.07, 6.45) is 8.47. The molecule has 2 heteroatoms. The Labute approximate surface area is 161 Å². The molecule has 2 aromatic carbocycles. The van der Waals surface area contributed by atoms with Crippen LogP contribution in [0.2, 0.25) is 0 Å². The van der Waals surface area contributed by atoms with Crippen molar-refractivity contribution in [2.24, 2.45) is 17.3 Å². The fourth-order valence-electron chi connectivity index (χ4n) is 5.66. The second-order valence-corrected chi connectivity index (χ2v) is 8.65. The van der Waals surface area contributed by atoms with Gasteiger partial charge in [-0.05, 0) is 78.3 Å². The fourth-order valence-corrected chi connectivity index (χ4v) is 5.66.